The van der Waals surface area contributed by atoms with E-state index in [1.807, 2.05) is 0 Å². The highest BCUT2D eigenvalue weighted by Gasteiger charge is 2.19. The maximum Gasteiger partial charge on any atom is 0.306 e. The molecule has 6 heteroatoms. The lowest BCUT2D eigenvalue weighted by Gasteiger charge is -2.18. The minimum absolute atomic E-state index is 0.0818. The summed E-state index contributed by atoms with van der Waals surface area (Å²) in [5.41, 5.74) is 0. The molecule has 82 heavy (non-hydrogen) atoms. The number of hydrogen-bond donors (Lipinski definition) is 0. The Hall–Kier alpha value is -3.15. The van der Waals surface area contributed by atoms with Gasteiger partial charge in [0.15, 0.2) is 6.10 Å². The van der Waals surface area contributed by atoms with Gasteiger partial charge >= 0.3 is 17.9 Å². The van der Waals surface area contributed by atoms with Crippen molar-refractivity contribution >= 4 is 17.9 Å². The lowest BCUT2D eigenvalue weighted by molar-refractivity contribution is -0.167. The molecule has 0 saturated heterocycles. The number of carbonyl (C=O) groups excluding carboxylic acids is 3. The molecular formula is C76H136O6. The van der Waals surface area contributed by atoms with Crippen LogP contribution in [0.5, 0.6) is 0 Å². The second-order valence-corrected chi connectivity index (χ2v) is 24.1. The Morgan fingerprint density at radius 1 is 0.256 bits per heavy atom. The first-order valence-corrected chi connectivity index (χ1v) is 35.9. The van der Waals surface area contributed by atoms with Gasteiger partial charge in [0.25, 0.3) is 0 Å². The van der Waals surface area contributed by atoms with Crippen molar-refractivity contribution < 1.29 is 28.6 Å². The van der Waals surface area contributed by atoms with Crippen molar-refractivity contribution in [1.82, 2.24) is 0 Å². The fraction of sp³-hybridized carbons (Fsp3) is 0.803. The normalized spacial score (nSPS) is 12.5. The molecule has 0 aliphatic carbocycles. The van der Waals surface area contributed by atoms with Crippen LogP contribution in [0.1, 0.15) is 374 Å². The number of hydrogen-bond acceptors (Lipinski definition) is 6. The Kier molecular flexibility index (Phi) is 67.6. The molecular weight excluding hydrogens is 1010 g/mol. The first-order chi connectivity index (χ1) is 40.5. The monoisotopic (exact) mass is 1150 g/mol. The van der Waals surface area contributed by atoms with E-state index < -0.39 is 6.10 Å². The van der Waals surface area contributed by atoms with Crippen molar-refractivity contribution in [3.8, 4) is 0 Å². The predicted molar refractivity (Wildman–Crippen MR) is 358 cm³/mol. The Bertz CT molecular complexity index is 1500. The highest BCUT2D eigenvalue weighted by Crippen LogP contribution is 2.18. The van der Waals surface area contributed by atoms with Crippen LogP contribution in [0.25, 0.3) is 0 Å². The molecule has 0 aliphatic rings. The summed E-state index contributed by atoms with van der Waals surface area (Å²) in [5, 5.41) is 0. The smallest absolute Gasteiger partial charge is 0.306 e. The van der Waals surface area contributed by atoms with Gasteiger partial charge in [-0.25, -0.2) is 0 Å². The van der Waals surface area contributed by atoms with E-state index in [9.17, 15) is 14.4 Å². The second-order valence-electron chi connectivity index (χ2n) is 24.1. The molecule has 0 aromatic carbocycles. The average Bonchev–Trinajstić information content (AvgIpc) is 3.47. The Morgan fingerprint density at radius 2 is 0.476 bits per heavy atom. The summed E-state index contributed by atoms with van der Waals surface area (Å²) in [6, 6.07) is 0. The maximum atomic E-state index is 13.0. The van der Waals surface area contributed by atoms with Crippen LogP contribution in [0.2, 0.25) is 0 Å². The summed E-state index contributed by atoms with van der Waals surface area (Å²) in [5.74, 6) is -0.889. The number of carbonyl (C=O) groups is 3. The number of ether oxygens (including phenoxy) is 3. The summed E-state index contributed by atoms with van der Waals surface area (Å²) in [6.07, 6.45) is 92.2. The molecule has 0 N–H and O–H groups in total. The summed E-state index contributed by atoms with van der Waals surface area (Å²) < 4.78 is 17.0. The largest absolute Gasteiger partial charge is 0.462 e. The molecule has 0 aromatic rings. The van der Waals surface area contributed by atoms with Gasteiger partial charge in [0.05, 0.1) is 0 Å². The zero-order valence-corrected chi connectivity index (χ0v) is 54.8. The molecule has 0 rings (SSSR count). The van der Waals surface area contributed by atoms with Gasteiger partial charge in [0, 0.05) is 19.3 Å². The van der Waals surface area contributed by atoms with Crippen molar-refractivity contribution in [2.24, 2.45) is 0 Å². The number of allylic oxidation sites excluding steroid dienone is 12. The van der Waals surface area contributed by atoms with Gasteiger partial charge in [-0.15, -0.1) is 0 Å². The lowest BCUT2D eigenvalue weighted by atomic mass is 10.0. The molecule has 1 atom stereocenters. The van der Waals surface area contributed by atoms with Gasteiger partial charge in [-0.3, -0.25) is 14.4 Å². The van der Waals surface area contributed by atoms with Crippen LogP contribution in [0, 0.1) is 0 Å². The van der Waals surface area contributed by atoms with Gasteiger partial charge in [-0.1, -0.05) is 338 Å². The number of esters is 3. The van der Waals surface area contributed by atoms with Crippen LogP contribution < -0.4 is 0 Å². The fourth-order valence-electron chi connectivity index (χ4n) is 10.6. The molecule has 0 radical (unpaired) electrons. The molecule has 0 amide bonds. The van der Waals surface area contributed by atoms with Gasteiger partial charge < -0.3 is 14.2 Å². The van der Waals surface area contributed by atoms with Crippen molar-refractivity contribution in [2.75, 3.05) is 13.2 Å². The Labute approximate surface area is 510 Å². The topological polar surface area (TPSA) is 78.9 Å². The zero-order valence-electron chi connectivity index (χ0n) is 54.8. The van der Waals surface area contributed by atoms with Crippen LogP contribution >= 0.6 is 0 Å². The van der Waals surface area contributed by atoms with Gasteiger partial charge in [-0.05, 0) is 89.9 Å². The van der Waals surface area contributed by atoms with Crippen molar-refractivity contribution in [2.45, 2.75) is 380 Å². The Balaban J connectivity index is 4.32. The molecule has 0 bridgehead atoms. The van der Waals surface area contributed by atoms with E-state index in [-0.39, 0.29) is 31.1 Å². The molecule has 0 spiro atoms. The van der Waals surface area contributed by atoms with Crippen molar-refractivity contribution in [3.63, 3.8) is 0 Å². The first kappa shape index (κ1) is 78.8. The fourth-order valence-corrected chi connectivity index (χ4v) is 10.6. The Morgan fingerprint density at radius 3 is 0.744 bits per heavy atom. The third-order valence-corrected chi connectivity index (χ3v) is 15.9. The number of rotatable bonds is 66. The molecule has 0 aliphatic heterocycles. The van der Waals surface area contributed by atoms with E-state index in [0.29, 0.717) is 19.3 Å². The molecule has 476 valence electrons. The van der Waals surface area contributed by atoms with E-state index in [1.54, 1.807) is 0 Å². The molecule has 0 heterocycles. The van der Waals surface area contributed by atoms with Crippen LogP contribution in [0.4, 0.5) is 0 Å². The minimum Gasteiger partial charge on any atom is -0.462 e. The van der Waals surface area contributed by atoms with Crippen LogP contribution in [0.3, 0.4) is 0 Å². The maximum absolute atomic E-state index is 13.0. The third-order valence-electron chi connectivity index (χ3n) is 15.9. The molecule has 0 fully saturated rings. The first-order valence-electron chi connectivity index (χ1n) is 35.9. The SMILES string of the molecule is CC/C=C\C/C=C\C/C=C\C/C=C\CCCCCCC(=O)OCC(COC(=O)CCCCCCCCCCCCCCCCCCCCCCCCCCCC)OC(=O)CCCCCCCCCCC/C=C\C/C=C\CCCCCCC. The van der Waals surface area contributed by atoms with Gasteiger partial charge in [0.2, 0.25) is 0 Å². The summed E-state index contributed by atoms with van der Waals surface area (Å²) in [6.45, 7) is 6.56. The highest BCUT2D eigenvalue weighted by molar-refractivity contribution is 5.71. The van der Waals surface area contributed by atoms with E-state index in [4.69, 9.17) is 14.2 Å². The van der Waals surface area contributed by atoms with Crippen molar-refractivity contribution in [1.29, 1.82) is 0 Å². The van der Waals surface area contributed by atoms with Gasteiger partial charge in [0.1, 0.15) is 13.2 Å². The summed E-state index contributed by atoms with van der Waals surface area (Å²) >= 11 is 0. The minimum atomic E-state index is -0.789. The standard InChI is InChI=1S/C76H136O6/c1-4-7-10-13-16-19-22-25-28-31-33-35-36-37-38-39-41-42-45-48-51-54-57-60-63-66-69-75(78)81-72-73(71-80-74(77)68-65-62-59-56-53-50-47-44-30-27-24-21-18-15-12-9-6-3)82-76(79)70-67-64-61-58-55-52-49-46-43-40-34-32-29-26-23-20-17-14-11-8-5-2/h9,12,18,21,23,26-27,30,32,34,47,50,73H,4-8,10-11,13-17,19-20,22,24-25,28-29,31,33,35-46,48-49,51-72H2,1-3H3/b12-9-,21-18-,26-23-,30-27-,34-32-,50-47-. The molecule has 0 saturated carbocycles. The molecule has 6 nitrogen and oxygen atoms in total. The third kappa shape index (κ3) is 67.6. The molecule has 0 aromatic heterocycles. The quantitative estimate of drug-likeness (QED) is 0.0261. The van der Waals surface area contributed by atoms with E-state index in [0.717, 1.165) is 103 Å². The van der Waals surface area contributed by atoms with Gasteiger partial charge in [-0.2, -0.15) is 0 Å². The van der Waals surface area contributed by atoms with Crippen LogP contribution in [-0.2, 0) is 28.6 Å². The summed E-state index contributed by atoms with van der Waals surface area (Å²) in [4.78, 5) is 38.5. The zero-order chi connectivity index (χ0) is 59.2. The highest BCUT2D eigenvalue weighted by atomic mass is 16.6. The number of unbranched alkanes of at least 4 members (excludes halogenated alkanes) is 43. The average molecular weight is 1150 g/mol. The van der Waals surface area contributed by atoms with E-state index in [2.05, 4.69) is 93.7 Å². The predicted octanol–water partition coefficient (Wildman–Crippen LogP) is 24.8. The second kappa shape index (κ2) is 70.3. The van der Waals surface area contributed by atoms with E-state index >= 15 is 0 Å². The van der Waals surface area contributed by atoms with Crippen LogP contribution in [0.15, 0.2) is 72.9 Å². The van der Waals surface area contributed by atoms with Crippen LogP contribution in [-0.4, -0.2) is 37.2 Å². The summed E-state index contributed by atoms with van der Waals surface area (Å²) in [7, 11) is 0. The van der Waals surface area contributed by atoms with E-state index in [1.165, 1.54) is 231 Å². The lowest BCUT2D eigenvalue weighted by Crippen LogP contribution is -2.30. The molecule has 1 unspecified atom stereocenters. The van der Waals surface area contributed by atoms with Crippen molar-refractivity contribution in [3.05, 3.63) is 72.9 Å².